The van der Waals surface area contributed by atoms with E-state index in [1.54, 1.807) is 31.2 Å². The summed E-state index contributed by atoms with van der Waals surface area (Å²) >= 11 is 5.83. The van der Waals surface area contributed by atoms with Gasteiger partial charge >= 0.3 is 0 Å². The third-order valence-corrected chi connectivity index (χ3v) is 3.94. The third-order valence-electron chi connectivity index (χ3n) is 2.67. The van der Waals surface area contributed by atoms with Crippen molar-refractivity contribution in [2.45, 2.75) is 32.0 Å². The van der Waals surface area contributed by atoms with Gasteiger partial charge in [0.2, 0.25) is 0 Å². The molecular formula is C13H19ClO4S. The smallest absolute Gasteiger partial charge is 0.147 e. The van der Waals surface area contributed by atoms with Crippen molar-refractivity contribution in [2.75, 3.05) is 12.0 Å². The second-order valence-electron chi connectivity index (χ2n) is 4.62. The molecule has 0 spiro atoms. The van der Waals surface area contributed by atoms with Gasteiger partial charge in [0.05, 0.1) is 6.10 Å². The first kappa shape index (κ1) is 16.3. The largest absolute Gasteiger partial charge is 0.488 e. The summed E-state index contributed by atoms with van der Waals surface area (Å²) in [6, 6.07) is 6.93. The average molecular weight is 307 g/mol. The molecule has 0 saturated carbocycles. The van der Waals surface area contributed by atoms with Gasteiger partial charge in [-0.25, -0.2) is 8.42 Å². The molecule has 1 aromatic carbocycles. The maximum atomic E-state index is 11.0. The molecule has 0 fully saturated rings. The van der Waals surface area contributed by atoms with Crippen LogP contribution >= 0.6 is 11.6 Å². The van der Waals surface area contributed by atoms with Crippen LogP contribution in [0.3, 0.4) is 0 Å². The minimum atomic E-state index is -2.98. The number of rotatable bonds is 7. The molecule has 19 heavy (non-hydrogen) atoms. The van der Waals surface area contributed by atoms with Crippen LogP contribution in [0.4, 0.5) is 0 Å². The van der Waals surface area contributed by atoms with E-state index < -0.39 is 22.0 Å². The lowest BCUT2D eigenvalue weighted by Crippen LogP contribution is -2.29. The summed E-state index contributed by atoms with van der Waals surface area (Å²) in [5.41, 5.74) is 0. The van der Waals surface area contributed by atoms with E-state index in [4.69, 9.17) is 16.3 Å². The molecule has 0 saturated heterocycles. The van der Waals surface area contributed by atoms with Crippen molar-refractivity contribution < 1.29 is 18.3 Å². The molecule has 0 radical (unpaired) electrons. The number of aliphatic hydroxyl groups is 1. The van der Waals surface area contributed by atoms with Gasteiger partial charge in [0.15, 0.2) is 0 Å². The molecule has 108 valence electrons. The number of sulfone groups is 1. The molecule has 2 atom stereocenters. The summed E-state index contributed by atoms with van der Waals surface area (Å²) in [5, 5.41) is 10.5. The van der Waals surface area contributed by atoms with Crippen molar-refractivity contribution in [3.8, 4) is 5.75 Å². The van der Waals surface area contributed by atoms with Crippen LogP contribution in [0.5, 0.6) is 5.75 Å². The first-order valence-electron chi connectivity index (χ1n) is 6.06. The minimum Gasteiger partial charge on any atom is -0.488 e. The number of aliphatic hydroxyl groups excluding tert-OH is 1. The van der Waals surface area contributed by atoms with E-state index in [1.165, 1.54) is 6.26 Å². The number of benzene rings is 1. The number of ether oxygens (including phenoxy) is 1. The molecule has 1 N–H and O–H groups in total. The van der Waals surface area contributed by atoms with Crippen molar-refractivity contribution in [1.29, 1.82) is 0 Å². The van der Waals surface area contributed by atoms with E-state index in [9.17, 15) is 13.5 Å². The van der Waals surface area contributed by atoms with Crippen LogP contribution in [0.1, 0.15) is 19.8 Å². The lowest BCUT2D eigenvalue weighted by atomic mass is 10.1. The fourth-order valence-corrected chi connectivity index (χ4v) is 2.49. The highest BCUT2D eigenvalue weighted by Gasteiger charge is 2.16. The van der Waals surface area contributed by atoms with Gasteiger partial charge in [-0.2, -0.15) is 0 Å². The first-order valence-corrected chi connectivity index (χ1v) is 8.50. The Labute approximate surface area is 119 Å². The highest BCUT2D eigenvalue weighted by molar-refractivity contribution is 7.90. The summed E-state index contributed by atoms with van der Waals surface area (Å²) in [4.78, 5) is 0. The first-order chi connectivity index (χ1) is 8.78. The second-order valence-corrected chi connectivity index (χ2v) is 7.32. The Morgan fingerprint density at radius 1 is 1.42 bits per heavy atom. The molecular weight excluding hydrogens is 288 g/mol. The summed E-state index contributed by atoms with van der Waals surface area (Å²) in [5.74, 6) is 0.663. The van der Waals surface area contributed by atoms with Crippen LogP contribution in [-0.4, -0.2) is 37.7 Å². The van der Waals surface area contributed by atoms with Crippen molar-refractivity contribution in [1.82, 2.24) is 0 Å². The van der Waals surface area contributed by atoms with Crippen molar-refractivity contribution in [3.05, 3.63) is 29.3 Å². The molecule has 0 aliphatic carbocycles. The second kappa shape index (κ2) is 7.12. The fourth-order valence-electron chi connectivity index (χ4n) is 1.62. The van der Waals surface area contributed by atoms with E-state index in [0.717, 1.165) is 0 Å². The zero-order valence-electron chi connectivity index (χ0n) is 11.0. The van der Waals surface area contributed by atoms with E-state index >= 15 is 0 Å². The molecule has 0 heterocycles. The summed E-state index contributed by atoms with van der Waals surface area (Å²) in [6.07, 6.45) is 0.863. The van der Waals surface area contributed by atoms with Crippen LogP contribution in [-0.2, 0) is 9.84 Å². The zero-order valence-corrected chi connectivity index (χ0v) is 12.6. The zero-order chi connectivity index (χ0) is 14.5. The quantitative estimate of drug-likeness (QED) is 0.839. The summed E-state index contributed by atoms with van der Waals surface area (Å²) in [6.45, 7) is 1.74. The fraction of sp³-hybridized carbons (Fsp3) is 0.538. The lowest BCUT2D eigenvalue weighted by molar-refractivity contribution is 0.0415. The average Bonchev–Trinajstić information content (AvgIpc) is 2.27. The van der Waals surface area contributed by atoms with Gasteiger partial charge in [-0.3, -0.25) is 0 Å². The number of hydrogen-bond acceptors (Lipinski definition) is 4. The van der Waals surface area contributed by atoms with Gasteiger partial charge in [-0.1, -0.05) is 17.7 Å². The van der Waals surface area contributed by atoms with Gasteiger partial charge in [0, 0.05) is 17.0 Å². The van der Waals surface area contributed by atoms with Crippen molar-refractivity contribution in [2.24, 2.45) is 0 Å². The molecule has 0 aliphatic rings. The number of hydrogen-bond donors (Lipinski definition) is 1. The molecule has 2 unspecified atom stereocenters. The van der Waals surface area contributed by atoms with Gasteiger partial charge < -0.3 is 9.84 Å². The molecule has 6 heteroatoms. The molecule has 1 aromatic rings. The van der Waals surface area contributed by atoms with E-state index in [-0.39, 0.29) is 5.75 Å². The van der Waals surface area contributed by atoms with Gasteiger partial charge in [0.25, 0.3) is 0 Å². The van der Waals surface area contributed by atoms with Crippen LogP contribution in [0.15, 0.2) is 24.3 Å². The highest BCUT2D eigenvalue weighted by atomic mass is 35.5. The van der Waals surface area contributed by atoms with Crippen LogP contribution in [0, 0.1) is 0 Å². The predicted molar refractivity (Wildman–Crippen MR) is 76.5 cm³/mol. The molecule has 0 aromatic heterocycles. The molecule has 0 aliphatic heterocycles. The standard InChI is InChI=1S/C13H19ClO4S/c1-10(13(15)7-4-8-19(2,16)17)18-12-6-3-5-11(14)9-12/h3,5-6,9-10,13,15H,4,7-8H2,1-2H3. The summed E-state index contributed by atoms with van der Waals surface area (Å²) in [7, 11) is -2.98. The van der Waals surface area contributed by atoms with Gasteiger partial charge in [-0.15, -0.1) is 0 Å². The molecule has 0 amide bonds. The third kappa shape index (κ3) is 6.80. The topological polar surface area (TPSA) is 63.6 Å². The van der Waals surface area contributed by atoms with E-state index in [0.29, 0.717) is 23.6 Å². The normalized spacial score (nSPS) is 14.9. The predicted octanol–water partition coefficient (Wildman–Crippen LogP) is 2.29. The Morgan fingerprint density at radius 3 is 2.68 bits per heavy atom. The van der Waals surface area contributed by atoms with E-state index in [2.05, 4.69) is 0 Å². The van der Waals surface area contributed by atoms with Crippen LogP contribution in [0.2, 0.25) is 5.02 Å². The van der Waals surface area contributed by atoms with Crippen LogP contribution < -0.4 is 4.74 Å². The highest BCUT2D eigenvalue weighted by Crippen LogP contribution is 2.19. The maximum Gasteiger partial charge on any atom is 0.147 e. The molecule has 0 bridgehead atoms. The maximum absolute atomic E-state index is 11.0. The number of halogens is 1. The Hall–Kier alpha value is -0.780. The van der Waals surface area contributed by atoms with Crippen molar-refractivity contribution >= 4 is 21.4 Å². The molecule has 4 nitrogen and oxygen atoms in total. The Balaban J connectivity index is 2.42. The molecule has 1 rings (SSSR count). The van der Waals surface area contributed by atoms with Gasteiger partial charge in [-0.05, 0) is 38.0 Å². The van der Waals surface area contributed by atoms with E-state index in [1.807, 2.05) is 0 Å². The van der Waals surface area contributed by atoms with Crippen LogP contribution in [0.25, 0.3) is 0 Å². The Kier molecular flexibility index (Phi) is 6.10. The van der Waals surface area contributed by atoms with Gasteiger partial charge in [0.1, 0.15) is 21.7 Å². The van der Waals surface area contributed by atoms with Crippen molar-refractivity contribution in [3.63, 3.8) is 0 Å². The lowest BCUT2D eigenvalue weighted by Gasteiger charge is -2.20. The SMILES string of the molecule is CC(Oc1cccc(Cl)c1)C(O)CCCS(C)(=O)=O. The summed E-state index contributed by atoms with van der Waals surface area (Å²) < 4.78 is 27.5. The minimum absolute atomic E-state index is 0.0773. The Bertz CT molecular complexity index is 501. The monoisotopic (exact) mass is 306 g/mol. The Morgan fingerprint density at radius 2 is 2.11 bits per heavy atom.